The molecule has 0 aliphatic heterocycles. The van der Waals surface area contributed by atoms with E-state index in [0.29, 0.717) is 11.6 Å². The summed E-state index contributed by atoms with van der Waals surface area (Å²) in [5, 5.41) is 0.685. The van der Waals surface area contributed by atoms with E-state index in [1.54, 1.807) is 4.90 Å². The Morgan fingerprint density at radius 3 is 2.47 bits per heavy atom. The van der Waals surface area contributed by atoms with Crippen molar-refractivity contribution < 1.29 is 4.79 Å². The molecule has 1 rings (SSSR count). The molecule has 0 bridgehead atoms. The van der Waals surface area contributed by atoms with Gasteiger partial charge in [0, 0.05) is 18.6 Å². The molecule has 1 aromatic rings. The van der Waals surface area contributed by atoms with Gasteiger partial charge in [0.25, 0.3) is 0 Å². The summed E-state index contributed by atoms with van der Waals surface area (Å²) >= 11 is 5.99. The molecule has 0 heterocycles. The van der Waals surface area contributed by atoms with Gasteiger partial charge in [0.2, 0.25) is 5.91 Å². The second-order valence-electron chi connectivity index (χ2n) is 5.27. The third-order valence-corrected chi connectivity index (χ3v) is 3.87. The summed E-state index contributed by atoms with van der Waals surface area (Å²) in [5.41, 5.74) is 6.74. The lowest BCUT2D eigenvalue weighted by atomic mass is 9.93. The van der Waals surface area contributed by atoms with Gasteiger partial charge in [-0.15, -0.1) is 0 Å². The summed E-state index contributed by atoms with van der Waals surface area (Å²) in [7, 11) is 1.82. The highest BCUT2D eigenvalue weighted by Crippen LogP contribution is 2.24. The number of carbonyl (C=O) groups excluding carboxylic acids is 1. The topological polar surface area (TPSA) is 46.3 Å². The van der Waals surface area contributed by atoms with Crippen LogP contribution < -0.4 is 5.73 Å². The van der Waals surface area contributed by atoms with E-state index >= 15 is 0 Å². The summed E-state index contributed by atoms with van der Waals surface area (Å²) in [6, 6.07) is 7.58. The Morgan fingerprint density at radius 1 is 1.37 bits per heavy atom. The van der Waals surface area contributed by atoms with Crippen LogP contribution in [0.4, 0.5) is 0 Å². The molecular weight excluding hydrogens is 260 g/mol. The standard InChI is InChI=1S/C15H23ClN2O/c1-10(2)14(9-17)15(19)18(4)11(3)12-6-5-7-13(16)8-12/h5-8,10-11,14H,9,17H2,1-4H3. The predicted octanol–water partition coefficient (Wildman–Crippen LogP) is 3.09. The minimum Gasteiger partial charge on any atom is -0.339 e. The number of hydrogen-bond donors (Lipinski definition) is 1. The first-order chi connectivity index (χ1) is 8.88. The van der Waals surface area contributed by atoms with Gasteiger partial charge in [-0.3, -0.25) is 4.79 Å². The lowest BCUT2D eigenvalue weighted by Crippen LogP contribution is -2.40. The highest BCUT2D eigenvalue weighted by Gasteiger charge is 2.26. The first kappa shape index (κ1) is 16.0. The van der Waals surface area contributed by atoms with Crippen molar-refractivity contribution in [3.05, 3.63) is 34.9 Å². The van der Waals surface area contributed by atoms with Crippen molar-refractivity contribution in [1.82, 2.24) is 4.90 Å². The molecule has 0 saturated heterocycles. The van der Waals surface area contributed by atoms with Gasteiger partial charge in [0.1, 0.15) is 0 Å². The Bertz CT molecular complexity index is 434. The van der Waals surface area contributed by atoms with Crippen LogP contribution in [0.25, 0.3) is 0 Å². The molecule has 2 N–H and O–H groups in total. The molecule has 0 radical (unpaired) electrons. The molecule has 0 aliphatic carbocycles. The fourth-order valence-corrected chi connectivity index (χ4v) is 2.30. The van der Waals surface area contributed by atoms with E-state index in [-0.39, 0.29) is 23.8 Å². The van der Waals surface area contributed by atoms with Crippen LogP contribution in [-0.4, -0.2) is 24.4 Å². The molecule has 0 spiro atoms. The van der Waals surface area contributed by atoms with E-state index in [0.717, 1.165) is 5.56 Å². The van der Waals surface area contributed by atoms with Gasteiger partial charge in [-0.25, -0.2) is 0 Å². The number of nitrogens with zero attached hydrogens (tertiary/aromatic N) is 1. The highest BCUT2D eigenvalue weighted by atomic mass is 35.5. The van der Waals surface area contributed by atoms with Crippen LogP contribution in [0.5, 0.6) is 0 Å². The Kier molecular flexibility index (Phi) is 5.83. The number of benzene rings is 1. The summed E-state index contributed by atoms with van der Waals surface area (Å²) < 4.78 is 0. The molecule has 2 atom stereocenters. The lowest BCUT2D eigenvalue weighted by Gasteiger charge is -2.30. The number of halogens is 1. The fraction of sp³-hybridized carbons (Fsp3) is 0.533. The van der Waals surface area contributed by atoms with Crippen LogP contribution in [0.1, 0.15) is 32.4 Å². The maximum Gasteiger partial charge on any atom is 0.227 e. The molecule has 3 nitrogen and oxygen atoms in total. The number of amides is 1. The zero-order valence-electron chi connectivity index (χ0n) is 12.1. The average molecular weight is 283 g/mol. The van der Waals surface area contributed by atoms with Crippen LogP contribution in [-0.2, 0) is 4.79 Å². The second kappa shape index (κ2) is 6.92. The molecule has 1 aromatic carbocycles. The minimum atomic E-state index is -0.133. The second-order valence-corrected chi connectivity index (χ2v) is 5.70. The van der Waals surface area contributed by atoms with Gasteiger partial charge in [-0.1, -0.05) is 37.6 Å². The lowest BCUT2D eigenvalue weighted by molar-refractivity contribution is -0.137. The number of rotatable bonds is 5. The van der Waals surface area contributed by atoms with Gasteiger partial charge in [-0.2, -0.15) is 0 Å². The Hall–Kier alpha value is -1.06. The normalized spacial score (nSPS) is 14.3. The maximum absolute atomic E-state index is 12.4. The van der Waals surface area contributed by atoms with E-state index in [4.69, 9.17) is 17.3 Å². The van der Waals surface area contributed by atoms with Gasteiger partial charge in [0.05, 0.1) is 12.0 Å². The van der Waals surface area contributed by atoms with E-state index in [9.17, 15) is 4.79 Å². The van der Waals surface area contributed by atoms with Crippen molar-refractivity contribution in [2.75, 3.05) is 13.6 Å². The fourth-order valence-electron chi connectivity index (χ4n) is 2.10. The average Bonchev–Trinajstić information content (AvgIpc) is 2.37. The molecule has 2 unspecified atom stereocenters. The van der Waals surface area contributed by atoms with Crippen LogP contribution in [0.3, 0.4) is 0 Å². The van der Waals surface area contributed by atoms with Crippen molar-refractivity contribution in [1.29, 1.82) is 0 Å². The molecule has 0 fully saturated rings. The van der Waals surface area contributed by atoms with Gasteiger partial charge < -0.3 is 10.6 Å². The SMILES string of the molecule is CC(C)C(CN)C(=O)N(C)C(C)c1cccc(Cl)c1. The molecule has 0 aromatic heterocycles. The third kappa shape index (κ3) is 3.95. The highest BCUT2D eigenvalue weighted by molar-refractivity contribution is 6.30. The molecule has 0 saturated carbocycles. The van der Waals surface area contributed by atoms with Crippen molar-refractivity contribution >= 4 is 17.5 Å². The van der Waals surface area contributed by atoms with Crippen LogP contribution in [0.2, 0.25) is 5.02 Å². The first-order valence-corrected chi connectivity index (χ1v) is 6.98. The van der Waals surface area contributed by atoms with Crippen molar-refractivity contribution in [2.45, 2.75) is 26.8 Å². The zero-order valence-corrected chi connectivity index (χ0v) is 12.8. The Balaban J connectivity index is 2.87. The molecule has 19 heavy (non-hydrogen) atoms. The third-order valence-electron chi connectivity index (χ3n) is 3.64. The summed E-state index contributed by atoms with van der Waals surface area (Å²) in [6.45, 7) is 6.42. The zero-order chi connectivity index (χ0) is 14.6. The molecule has 1 amide bonds. The molecular formula is C15H23ClN2O. The van der Waals surface area contributed by atoms with Crippen molar-refractivity contribution in [2.24, 2.45) is 17.6 Å². The van der Waals surface area contributed by atoms with E-state index in [2.05, 4.69) is 0 Å². The Morgan fingerprint density at radius 2 is 2.00 bits per heavy atom. The van der Waals surface area contributed by atoms with Crippen LogP contribution in [0, 0.1) is 11.8 Å². The molecule has 106 valence electrons. The van der Waals surface area contributed by atoms with Gasteiger partial charge in [-0.05, 0) is 30.5 Å². The largest absolute Gasteiger partial charge is 0.339 e. The van der Waals surface area contributed by atoms with Gasteiger partial charge >= 0.3 is 0 Å². The van der Waals surface area contributed by atoms with Crippen LogP contribution in [0.15, 0.2) is 24.3 Å². The van der Waals surface area contributed by atoms with E-state index < -0.39 is 0 Å². The molecule has 4 heteroatoms. The predicted molar refractivity (Wildman–Crippen MR) is 80.0 cm³/mol. The van der Waals surface area contributed by atoms with Gasteiger partial charge in [0.15, 0.2) is 0 Å². The van der Waals surface area contributed by atoms with E-state index in [1.165, 1.54) is 0 Å². The van der Waals surface area contributed by atoms with Crippen LogP contribution >= 0.6 is 11.6 Å². The number of nitrogens with two attached hydrogens (primary N) is 1. The minimum absolute atomic E-state index is 0.0148. The summed E-state index contributed by atoms with van der Waals surface area (Å²) in [5.74, 6) is 0.197. The summed E-state index contributed by atoms with van der Waals surface area (Å²) in [4.78, 5) is 14.2. The maximum atomic E-state index is 12.4. The number of carbonyl (C=O) groups is 1. The smallest absolute Gasteiger partial charge is 0.227 e. The quantitative estimate of drug-likeness (QED) is 0.902. The van der Waals surface area contributed by atoms with Crippen molar-refractivity contribution in [3.8, 4) is 0 Å². The van der Waals surface area contributed by atoms with Crippen molar-refractivity contribution in [3.63, 3.8) is 0 Å². The Labute approximate surface area is 120 Å². The summed E-state index contributed by atoms with van der Waals surface area (Å²) in [6.07, 6.45) is 0. The monoisotopic (exact) mass is 282 g/mol. The number of hydrogen-bond acceptors (Lipinski definition) is 2. The molecule has 0 aliphatic rings. The van der Waals surface area contributed by atoms with E-state index in [1.807, 2.05) is 52.1 Å². The first-order valence-electron chi connectivity index (χ1n) is 6.60.